The lowest BCUT2D eigenvalue weighted by atomic mass is 10.0. The van der Waals surface area contributed by atoms with Crippen molar-refractivity contribution >= 4 is 0 Å². The van der Waals surface area contributed by atoms with Gasteiger partial charge in [-0.15, -0.1) is 0 Å². The Kier molecular flexibility index (Phi) is 6.26. The standard InChI is InChI=1S/C13H27NO/c1-4-6-7-13(5-2)14-10-12-8-9-15-11(12)3/h11-14H,4-10H2,1-3H3. The Morgan fingerprint density at radius 3 is 2.73 bits per heavy atom. The van der Waals surface area contributed by atoms with E-state index in [1.54, 1.807) is 0 Å². The van der Waals surface area contributed by atoms with E-state index in [0.717, 1.165) is 25.1 Å². The van der Waals surface area contributed by atoms with Gasteiger partial charge in [-0.05, 0) is 32.1 Å². The van der Waals surface area contributed by atoms with E-state index in [2.05, 4.69) is 26.1 Å². The highest BCUT2D eigenvalue weighted by molar-refractivity contribution is 4.76. The highest BCUT2D eigenvalue weighted by atomic mass is 16.5. The minimum atomic E-state index is 0.459. The van der Waals surface area contributed by atoms with Gasteiger partial charge in [-0.2, -0.15) is 0 Å². The Bertz CT molecular complexity index is 161. The third kappa shape index (κ3) is 4.52. The molecule has 90 valence electrons. The van der Waals surface area contributed by atoms with Crippen LogP contribution in [-0.4, -0.2) is 25.3 Å². The van der Waals surface area contributed by atoms with Crippen molar-refractivity contribution in [1.29, 1.82) is 0 Å². The first kappa shape index (κ1) is 13.0. The molecule has 1 rings (SSSR count). The fourth-order valence-corrected chi connectivity index (χ4v) is 2.26. The van der Waals surface area contributed by atoms with Crippen LogP contribution in [0.15, 0.2) is 0 Å². The van der Waals surface area contributed by atoms with Crippen molar-refractivity contribution in [3.63, 3.8) is 0 Å². The molecule has 0 aliphatic carbocycles. The van der Waals surface area contributed by atoms with Gasteiger partial charge < -0.3 is 10.1 Å². The van der Waals surface area contributed by atoms with Gasteiger partial charge in [-0.1, -0.05) is 26.7 Å². The molecule has 15 heavy (non-hydrogen) atoms. The molecule has 3 unspecified atom stereocenters. The number of nitrogens with one attached hydrogen (secondary N) is 1. The molecule has 0 bridgehead atoms. The van der Waals surface area contributed by atoms with Crippen LogP contribution in [0.4, 0.5) is 0 Å². The summed E-state index contributed by atoms with van der Waals surface area (Å²) in [4.78, 5) is 0. The number of unbranched alkanes of at least 4 members (excludes halogenated alkanes) is 1. The summed E-state index contributed by atoms with van der Waals surface area (Å²) in [6, 6.07) is 0.720. The van der Waals surface area contributed by atoms with Crippen LogP contribution in [0.5, 0.6) is 0 Å². The lowest BCUT2D eigenvalue weighted by Crippen LogP contribution is -2.35. The Morgan fingerprint density at radius 1 is 1.40 bits per heavy atom. The zero-order chi connectivity index (χ0) is 11.1. The Hall–Kier alpha value is -0.0800. The Morgan fingerprint density at radius 2 is 2.20 bits per heavy atom. The van der Waals surface area contributed by atoms with Crippen LogP contribution >= 0.6 is 0 Å². The van der Waals surface area contributed by atoms with E-state index in [1.165, 1.54) is 32.1 Å². The van der Waals surface area contributed by atoms with Crippen LogP contribution in [0, 0.1) is 5.92 Å². The molecule has 0 aromatic carbocycles. The van der Waals surface area contributed by atoms with Crippen LogP contribution < -0.4 is 5.32 Å². The van der Waals surface area contributed by atoms with Crippen molar-refractivity contribution in [2.45, 2.75) is 65.0 Å². The number of ether oxygens (including phenoxy) is 1. The van der Waals surface area contributed by atoms with Gasteiger partial charge in [0.15, 0.2) is 0 Å². The molecule has 0 aromatic rings. The van der Waals surface area contributed by atoms with E-state index >= 15 is 0 Å². The number of hydrogen-bond donors (Lipinski definition) is 1. The van der Waals surface area contributed by atoms with Gasteiger partial charge in [-0.3, -0.25) is 0 Å². The molecule has 2 heteroatoms. The summed E-state index contributed by atoms with van der Waals surface area (Å²) in [5.74, 6) is 0.737. The molecule has 1 aliphatic rings. The summed E-state index contributed by atoms with van der Waals surface area (Å²) >= 11 is 0. The quantitative estimate of drug-likeness (QED) is 0.702. The van der Waals surface area contributed by atoms with Gasteiger partial charge in [0.1, 0.15) is 0 Å². The minimum absolute atomic E-state index is 0.459. The van der Waals surface area contributed by atoms with Crippen LogP contribution in [0.2, 0.25) is 0 Å². The van der Waals surface area contributed by atoms with Crippen LogP contribution in [0.1, 0.15) is 52.9 Å². The predicted octanol–water partition coefficient (Wildman–Crippen LogP) is 2.97. The molecule has 0 radical (unpaired) electrons. The largest absolute Gasteiger partial charge is 0.378 e. The smallest absolute Gasteiger partial charge is 0.0588 e. The van der Waals surface area contributed by atoms with Crippen molar-refractivity contribution in [2.24, 2.45) is 5.92 Å². The molecule has 0 saturated carbocycles. The van der Waals surface area contributed by atoms with Crippen molar-refractivity contribution in [3.05, 3.63) is 0 Å². The van der Waals surface area contributed by atoms with E-state index in [0.29, 0.717) is 6.10 Å². The second kappa shape index (κ2) is 7.24. The van der Waals surface area contributed by atoms with Gasteiger partial charge in [0, 0.05) is 19.2 Å². The van der Waals surface area contributed by atoms with Crippen molar-refractivity contribution < 1.29 is 4.74 Å². The third-order valence-electron chi connectivity index (χ3n) is 3.60. The van der Waals surface area contributed by atoms with Crippen molar-refractivity contribution in [1.82, 2.24) is 5.32 Å². The topological polar surface area (TPSA) is 21.3 Å². The zero-order valence-corrected chi connectivity index (χ0v) is 10.6. The van der Waals surface area contributed by atoms with E-state index in [9.17, 15) is 0 Å². The van der Waals surface area contributed by atoms with Crippen LogP contribution in [0.25, 0.3) is 0 Å². The fraction of sp³-hybridized carbons (Fsp3) is 1.00. The molecule has 1 saturated heterocycles. The molecule has 0 aromatic heterocycles. The molecular weight excluding hydrogens is 186 g/mol. The summed E-state index contributed by atoms with van der Waals surface area (Å²) in [5.41, 5.74) is 0. The minimum Gasteiger partial charge on any atom is -0.378 e. The van der Waals surface area contributed by atoms with Gasteiger partial charge >= 0.3 is 0 Å². The van der Waals surface area contributed by atoms with Gasteiger partial charge in [0.25, 0.3) is 0 Å². The average Bonchev–Trinajstić information content (AvgIpc) is 2.65. The second-order valence-corrected chi connectivity index (χ2v) is 4.78. The normalized spacial score (nSPS) is 28.2. The molecule has 1 aliphatic heterocycles. The van der Waals surface area contributed by atoms with E-state index in [1.807, 2.05) is 0 Å². The SMILES string of the molecule is CCCCC(CC)NCC1CCOC1C. The molecular formula is C13H27NO. The first-order valence-corrected chi connectivity index (χ1v) is 6.62. The van der Waals surface area contributed by atoms with E-state index in [-0.39, 0.29) is 0 Å². The first-order valence-electron chi connectivity index (χ1n) is 6.62. The van der Waals surface area contributed by atoms with Gasteiger partial charge in [-0.25, -0.2) is 0 Å². The van der Waals surface area contributed by atoms with Crippen molar-refractivity contribution in [3.8, 4) is 0 Å². The van der Waals surface area contributed by atoms with Gasteiger partial charge in [0.2, 0.25) is 0 Å². The number of hydrogen-bond acceptors (Lipinski definition) is 2. The molecule has 0 amide bonds. The molecule has 0 spiro atoms. The predicted molar refractivity (Wildman–Crippen MR) is 65.1 cm³/mol. The lowest BCUT2D eigenvalue weighted by molar-refractivity contribution is 0.104. The summed E-state index contributed by atoms with van der Waals surface area (Å²) in [5, 5.41) is 3.70. The van der Waals surface area contributed by atoms with E-state index in [4.69, 9.17) is 4.74 Å². The van der Waals surface area contributed by atoms with E-state index < -0.39 is 0 Å². The van der Waals surface area contributed by atoms with Gasteiger partial charge in [0.05, 0.1) is 6.10 Å². The molecule has 1 heterocycles. The summed E-state index contributed by atoms with van der Waals surface area (Å²) in [7, 11) is 0. The second-order valence-electron chi connectivity index (χ2n) is 4.78. The molecule has 3 atom stereocenters. The summed E-state index contributed by atoms with van der Waals surface area (Å²) in [6.45, 7) is 8.84. The van der Waals surface area contributed by atoms with Crippen molar-refractivity contribution in [2.75, 3.05) is 13.2 Å². The molecule has 1 fully saturated rings. The maximum absolute atomic E-state index is 5.57. The maximum atomic E-state index is 5.57. The van der Waals surface area contributed by atoms with Crippen LogP contribution in [-0.2, 0) is 4.74 Å². The highest BCUT2D eigenvalue weighted by Crippen LogP contribution is 2.19. The average molecular weight is 213 g/mol. The first-order chi connectivity index (χ1) is 7.27. The molecule has 1 N–H and O–H groups in total. The maximum Gasteiger partial charge on any atom is 0.0588 e. The monoisotopic (exact) mass is 213 g/mol. The number of rotatable bonds is 7. The summed E-state index contributed by atoms with van der Waals surface area (Å²) < 4.78 is 5.57. The summed E-state index contributed by atoms with van der Waals surface area (Å²) in [6.07, 6.45) is 6.93. The fourth-order valence-electron chi connectivity index (χ4n) is 2.26. The Labute approximate surface area is 94.8 Å². The van der Waals surface area contributed by atoms with Crippen LogP contribution in [0.3, 0.4) is 0 Å². The zero-order valence-electron chi connectivity index (χ0n) is 10.6. The Balaban J connectivity index is 2.15. The third-order valence-corrected chi connectivity index (χ3v) is 3.60. The lowest BCUT2D eigenvalue weighted by Gasteiger charge is -2.21. The molecule has 2 nitrogen and oxygen atoms in total. The highest BCUT2D eigenvalue weighted by Gasteiger charge is 2.24.